The van der Waals surface area contributed by atoms with Gasteiger partial charge in [-0.1, -0.05) is 42.5 Å². The van der Waals surface area contributed by atoms with Crippen LogP contribution in [0.15, 0.2) is 54.5 Å². The molecule has 2 atom stereocenters. The first-order valence-electron chi connectivity index (χ1n) is 8.98. The summed E-state index contributed by atoms with van der Waals surface area (Å²) in [6, 6.07) is 10.7. The van der Waals surface area contributed by atoms with Crippen LogP contribution in [0, 0.1) is 0 Å². The van der Waals surface area contributed by atoms with E-state index in [1.807, 2.05) is 30.3 Å². The summed E-state index contributed by atoms with van der Waals surface area (Å²) in [5.41, 5.74) is -0.467. The summed E-state index contributed by atoms with van der Waals surface area (Å²) < 4.78 is 0. The van der Waals surface area contributed by atoms with Gasteiger partial charge in [0, 0.05) is 29.1 Å². The van der Waals surface area contributed by atoms with Gasteiger partial charge in [-0.3, -0.25) is 14.5 Å². The Morgan fingerprint density at radius 2 is 1.97 bits per heavy atom. The number of rotatable bonds is 6. The highest BCUT2D eigenvalue weighted by molar-refractivity contribution is 8.00. The zero-order valence-electron chi connectivity index (χ0n) is 15.5. The van der Waals surface area contributed by atoms with Gasteiger partial charge in [0.05, 0.1) is 6.42 Å². The van der Waals surface area contributed by atoms with Crippen molar-refractivity contribution in [2.24, 2.45) is 0 Å². The van der Waals surface area contributed by atoms with E-state index >= 15 is 0 Å². The molecular weight excluding hydrogens is 424 g/mol. The monoisotopic (exact) mass is 440 g/mol. The molecule has 2 aromatic rings. The van der Waals surface area contributed by atoms with Gasteiger partial charge in [0.25, 0.3) is 5.91 Å². The summed E-state index contributed by atoms with van der Waals surface area (Å²) in [5, 5.41) is 13.1. The molecular formula is C20H16N4O4S2. The number of carboxylic acids is 1. The fourth-order valence-corrected chi connectivity index (χ4v) is 5.32. The largest absolute Gasteiger partial charge is 0.477 e. The van der Waals surface area contributed by atoms with Crippen LogP contribution in [0.5, 0.6) is 0 Å². The van der Waals surface area contributed by atoms with Gasteiger partial charge in [-0.15, -0.1) is 11.8 Å². The molecule has 0 unspecified atom stereocenters. The SMILES string of the molecule is O=C(Cc1ccccc1)N[C@@]1(C=S)C(=O)N2C(C(=O)O)=C(c3ncccn3)CS[C@@H]21. The van der Waals surface area contributed by atoms with Crippen molar-refractivity contribution in [3.63, 3.8) is 0 Å². The summed E-state index contributed by atoms with van der Waals surface area (Å²) in [6.07, 6.45) is 3.10. The molecule has 8 nitrogen and oxygen atoms in total. The molecule has 1 aromatic heterocycles. The fourth-order valence-electron chi connectivity index (χ4n) is 3.52. The first kappa shape index (κ1) is 20.2. The van der Waals surface area contributed by atoms with Crippen LogP contribution in [0.4, 0.5) is 0 Å². The van der Waals surface area contributed by atoms with Gasteiger partial charge in [0.2, 0.25) is 5.91 Å². The van der Waals surface area contributed by atoms with Gasteiger partial charge in [0.15, 0.2) is 11.4 Å². The molecule has 2 N–H and O–H groups in total. The normalized spacial score (nSPS) is 22.7. The first-order chi connectivity index (χ1) is 14.5. The number of thioether (sulfide) groups is 1. The van der Waals surface area contributed by atoms with E-state index in [-0.39, 0.29) is 29.6 Å². The quantitative estimate of drug-likeness (QED) is 0.510. The van der Waals surface area contributed by atoms with Crippen molar-refractivity contribution >= 4 is 52.7 Å². The van der Waals surface area contributed by atoms with E-state index in [4.69, 9.17) is 12.2 Å². The average Bonchev–Trinajstić information content (AvgIpc) is 2.77. The van der Waals surface area contributed by atoms with Crippen LogP contribution in [0.2, 0.25) is 0 Å². The van der Waals surface area contributed by atoms with Gasteiger partial charge in [-0.05, 0) is 11.6 Å². The summed E-state index contributed by atoms with van der Waals surface area (Å²) >= 11 is 6.42. The van der Waals surface area contributed by atoms with Crippen molar-refractivity contribution < 1.29 is 19.5 Å². The van der Waals surface area contributed by atoms with Gasteiger partial charge >= 0.3 is 5.97 Å². The summed E-state index contributed by atoms with van der Waals surface area (Å²) in [4.78, 5) is 47.1. The molecule has 0 saturated carbocycles. The minimum absolute atomic E-state index is 0.0845. The molecule has 152 valence electrons. The number of carbonyl (C=O) groups excluding carboxylic acids is 2. The van der Waals surface area contributed by atoms with Crippen molar-refractivity contribution in [1.82, 2.24) is 20.2 Å². The minimum Gasteiger partial charge on any atom is -0.477 e. The van der Waals surface area contributed by atoms with Crippen molar-refractivity contribution in [3.05, 3.63) is 65.9 Å². The lowest BCUT2D eigenvalue weighted by atomic mass is 9.87. The van der Waals surface area contributed by atoms with Crippen LogP contribution in [-0.2, 0) is 20.8 Å². The highest BCUT2D eigenvalue weighted by Crippen LogP contribution is 2.47. The molecule has 2 aliphatic heterocycles. The molecule has 2 aliphatic rings. The Labute approximate surface area is 181 Å². The van der Waals surface area contributed by atoms with E-state index in [2.05, 4.69) is 15.3 Å². The lowest BCUT2D eigenvalue weighted by molar-refractivity contribution is -0.153. The number of carboxylic acid groups (broad SMARTS) is 1. The highest BCUT2D eigenvalue weighted by atomic mass is 32.2. The maximum absolute atomic E-state index is 13.1. The number of fused-ring (bicyclic) bond motifs is 1. The third-order valence-corrected chi connectivity index (χ3v) is 6.61. The molecule has 4 rings (SSSR count). The Morgan fingerprint density at radius 1 is 1.27 bits per heavy atom. The number of benzene rings is 1. The summed E-state index contributed by atoms with van der Waals surface area (Å²) in [7, 11) is 0. The number of hydrogen-bond donors (Lipinski definition) is 2. The van der Waals surface area contributed by atoms with Crippen molar-refractivity contribution in [2.45, 2.75) is 17.3 Å². The lowest BCUT2D eigenvalue weighted by Crippen LogP contribution is -2.80. The number of thiocarbonyl (C=S) groups is 1. The highest BCUT2D eigenvalue weighted by Gasteiger charge is 2.64. The number of nitrogens with one attached hydrogen (secondary N) is 1. The Bertz CT molecular complexity index is 1060. The summed E-state index contributed by atoms with van der Waals surface area (Å²) in [6.45, 7) is 0. The van der Waals surface area contributed by atoms with Crippen LogP contribution in [0.3, 0.4) is 0 Å². The second kappa shape index (κ2) is 7.96. The molecule has 30 heavy (non-hydrogen) atoms. The first-order valence-corrected chi connectivity index (χ1v) is 10.5. The van der Waals surface area contributed by atoms with Crippen molar-refractivity contribution in [2.75, 3.05) is 5.75 Å². The van der Waals surface area contributed by atoms with Crippen LogP contribution in [0.25, 0.3) is 5.57 Å². The van der Waals surface area contributed by atoms with E-state index in [0.29, 0.717) is 5.57 Å². The van der Waals surface area contributed by atoms with E-state index < -0.39 is 22.8 Å². The van der Waals surface area contributed by atoms with Crippen molar-refractivity contribution in [1.29, 1.82) is 0 Å². The summed E-state index contributed by atoms with van der Waals surface area (Å²) in [5.74, 6) is -1.69. The number of aliphatic carboxylic acids is 1. The molecule has 10 heteroatoms. The number of aromatic nitrogens is 2. The molecule has 1 aromatic carbocycles. The number of carbonyl (C=O) groups is 3. The molecule has 2 amide bonds. The zero-order valence-corrected chi connectivity index (χ0v) is 17.2. The van der Waals surface area contributed by atoms with Crippen LogP contribution >= 0.6 is 24.0 Å². The Balaban J connectivity index is 1.62. The Morgan fingerprint density at radius 3 is 2.60 bits per heavy atom. The molecule has 0 aliphatic carbocycles. The van der Waals surface area contributed by atoms with Crippen LogP contribution in [-0.4, -0.2) is 59.8 Å². The van der Waals surface area contributed by atoms with Gasteiger partial charge < -0.3 is 10.4 Å². The minimum atomic E-state index is -1.43. The number of hydrogen-bond acceptors (Lipinski definition) is 7. The van der Waals surface area contributed by atoms with E-state index in [1.54, 1.807) is 6.07 Å². The number of nitrogens with zero attached hydrogens (tertiary/aromatic N) is 3. The van der Waals surface area contributed by atoms with Gasteiger partial charge in [-0.2, -0.15) is 0 Å². The van der Waals surface area contributed by atoms with Gasteiger partial charge in [0.1, 0.15) is 11.1 Å². The predicted molar refractivity (Wildman–Crippen MR) is 114 cm³/mol. The van der Waals surface area contributed by atoms with Crippen molar-refractivity contribution in [3.8, 4) is 0 Å². The topological polar surface area (TPSA) is 112 Å². The second-order valence-corrected chi connectivity index (χ2v) is 8.04. The van der Waals surface area contributed by atoms with E-state index in [0.717, 1.165) is 10.5 Å². The number of β-lactam (4-membered cyclic amide) rings is 1. The molecule has 1 fully saturated rings. The predicted octanol–water partition coefficient (Wildman–Crippen LogP) is 1.28. The van der Waals surface area contributed by atoms with Crippen LogP contribution in [0.1, 0.15) is 11.4 Å². The Hall–Kier alpha value is -3.11. The number of amides is 2. The molecule has 0 radical (unpaired) electrons. The Kier molecular flexibility index (Phi) is 5.35. The third kappa shape index (κ3) is 3.27. The second-order valence-electron chi connectivity index (χ2n) is 6.74. The molecule has 1 saturated heterocycles. The fraction of sp³-hybridized carbons (Fsp3) is 0.200. The smallest absolute Gasteiger partial charge is 0.353 e. The maximum atomic E-state index is 13.1. The average molecular weight is 441 g/mol. The zero-order chi connectivity index (χ0) is 21.3. The van der Waals surface area contributed by atoms with Gasteiger partial charge in [-0.25, -0.2) is 14.8 Å². The van der Waals surface area contributed by atoms with E-state index in [9.17, 15) is 19.5 Å². The van der Waals surface area contributed by atoms with E-state index in [1.165, 1.54) is 29.5 Å². The third-order valence-electron chi connectivity index (χ3n) is 4.89. The molecule has 0 spiro atoms. The van der Waals surface area contributed by atoms with Crippen LogP contribution < -0.4 is 5.32 Å². The standard InChI is InChI=1S/C20H16N4O4S2/c25-14(9-12-5-2-1-3-6-12)23-20(11-29)18(28)24-15(17(26)27)13(10-30-19(20)24)16-21-7-4-8-22-16/h1-8,11,19H,9-10H2,(H,23,25)(H,26,27)/t19-,20+/m1/s1. The maximum Gasteiger partial charge on any atom is 0.353 e. The lowest BCUT2D eigenvalue weighted by Gasteiger charge is -2.55. The molecule has 0 bridgehead atoms. The molecule has 3 heterocycles.